The summed E-state index contributed by atoms with van der Waals surface area (Å²) in [6, 6.07) is 72.9. The van der Waals surface area contributed by atoms with Gasteiger partial charge in [0.15, 0.2) is 11.5 Å². The van der Waals surface area contributed by atoms with Crippen molar-refractivity contribution >= 4 is 33.6 Å². The molecule has 3 aromatic heterocycles. The number of fused-ring (bicyclic) bond motifs is 5. The summed E-state index contributed by atoms with van der Waals surface area (Å²) in [6.07, 6.45) is 17.1. The van der Waals surface area contributed by atoms with Crippen molar-refractivity contribution in [2.24, 2.45) is 48.3 Å². The number of benzene rings is 7. The van der Waals surface area contributed by atoms with Crippen LogP contribution in [0, 0.1) is 43.3 Å². The highest BCUT2D eigenvalue weighted by atomic mass is 16.7. The van der Waals surface area contributed by atoms with Crippen LogP contribution in [0.25, 0.3) is 21.7 Å². The van der Waals surface area contributed by atoms with Gasteiger partial charge in [0.2, 0.25) is 6.79 Å². The van der Waals surface area contributed by atoms with E-state index in [0.29, 0.717) is 50.1 Å². The van der Waals surface area contributed by atoms with E-state index in [0.717, 1.165) is 29.1 Å². The van der Waals surface area contributed by atoms with E-state index < -0.39 is 0 Å². The molecule has 105 heavy (non-hydrogen) atoms. The van der Waals surface area contributed by atoms with Crippen LogP contribution in [0.15, 0.2) is 261 Å². The zero-order valence-electron chi connectivity index (χ0n) is 72.4. The molecular weight excluding hydrogens is 1280 g/mol. The van der Waals surface area contributed by atoms with Crippen molar-refractivity contribution in [2.45, 2.75) is 247 Å². The van der Waals surface area contributed by atoms with Gasteiger partial charge in [0.05, 0.1) is 11.2 Å². The van der Waals surface area contributed by atoms with Gasteiger partial charge in [-0.15, -0.1) is 0 Å². The summed E-state index contributed by atoms with van der Waals surface area (Å²) in [5.74, 6) is 1.69. The molecule has 0 amide bonds. The predicted octanol–water partition coefficient (Wildman–Crippen LogP) is 30.3. The molecular formula is C98H149N5O2. The average Bonchev–Trinajstić information content (AvgIpc) is 1.61. The van der Waals surface area contributed by atoms with Gasteiger partial charge in [0.25, 0.3) is 0 Å². The molecule has 2 aliphatic heterocycles. The SMILES string of the molecule is C1=Nc2ccccc2C1.CC(C)(C)C.CC(C)(C)C.CC(C)(C)C.CC(C)(C)C.CC(C)(C)C.CC(C)(C)C.CC(C)(C)C.CC(C)(C)C.c1ccc2c(c1)CCC2.c1ccc2c(c1)OCO2.c1ccc2ccccc2c1.c1ccc2ncccc2c1.c1ccccc1.c1ccncc1.c1cncnc1. The van der Waals surface area contributed by atoms with Gasteiger partial charge in [0.1, 0.15) is 6.33 Å². The van der Waals surface area contributed by atoms with E-state index in [-0.39, 0.29) is 0 Å². The van der Waals surface area contributed by atoms with Crippen molar-refractivity contribution in [2.75, 3.05) is 6.79 Å². The molecule has 0 fully saturated rings. The molecule has 0 bridgehead atoms. The third kappa shape index (κ3) is 89.9. The van der Waals surface area contributed by atoms with Crippen molar-refractivity contribution in [1.29, 1.82) is 0 Å². The highest BCUT2D eigenvalue weighted by Gasteiger charge is 2.10. The van der Waals surface area contributed by atoms with Crippen molar-refractivity contribution in [3.8, 4) is 11.5 Å². The van der Waals surface area contributed by atoms with Crippen LogP contribution < -0.4 is 9.47 Å². The Hall–Kier alpha value is -8.29. The molecule has 1 aliphatic carbocycles. The molecule has 0 saturated heterocycles. The van der Waals surface area contributed by atoms with Gasteiger partial charge in [0, 0.05) is 49.0 Å². The van der Waals surface area contributed by atoms with Crippen LogP contribution in [0.1, 0.15) is 245 Å². The van der Waals surface area contributed by atoms with Crippen molar-refractivity contribution in [1.82, 2.24) is 19.9 Å². The Labute approximate surface area is 645 Å². The molecule has 13 rings (SSSR count). The van der Waals surface area contributed by atoms with E-state index in [1.807, 2.05) is 134 Å². The number of aryl methyl sites for hydroxylation is 2. The predicted molar refractivity (Wildman–Crippen MR) is 469 cm³/mol. The first kappa shape index (κ1) is 101. The van der Waals surface area contributed by atoms with Gasteiger partial charge in [-0.3, -0.25) is 15.0 Å². The largest absolute Gasteiger partial charge is 0.454 e. The van der Waals surface area contributed by atoms with Crippen LogP contribution in [0.4, 0.5) is 5.69 Å². The fraction of sp³-hybridized carbons (Fsp3) is 0.459. The summed E-state index contributed by atoms with van der Waals surface area (Å²) >= 11 is 0. The molecule has 578 valence electrons. The van der Waals surface area contributed by atoms with Gasteiger partial charge in [-0.2, -0.15) is 0 Å². The van der Waals surface area contributed by atoms with Crippen LogP contribution in [-0.2, 0) is 19.3 Å². The van der Waals surface area contributed by atoms with Crippen molar-refractivity contribution in [3.05, 3.63) is 272 Å². The fourth-order valence-electron chi connectivity index (χ4n) is 6.51. The van der Waals surface area contributed by atoms with Crippen LogP contribution in [-0.4, -0.2) is 32.9 Å². The smallest absolute Gasteiger partial charge is 0.231 e. The lowest BCUT2D eigenvalue weighted by atomic mass is 10.0. The summed E-state index contributed by atoms with van der Waals surface area (Å²) in [5.41, 5.74) is 10.7. The summed E-state index contributed by atoms with van der Waals surface area (Å²) in [5, 5.41) is 3.82. The number of para-hydroxylation sites is 4. The van der Waals surface area contributed by atoms with Crippen LogP contribution in [0.3, 0.4) is 0 Å². The normalized spacial score (nSPS) is 11.5. The zero-order chi connectivity index (χ0) is 80.7. The van der Waals surface area contributed by atoms with Gasteiger partial charge in [-0.05, 0) is 139 Å². The molecule has 0 spiro atoms. The number of pyridine rings is 2. The number of ether oxygens (including phenoxy) is 2. The maximum atomic E-state index is 5.08. The number of rotatable bonds is 0. The lowest BCUT2D eigenvalue weighted by molar-refractivity contribution is 0.174. The first-order valence-electron chi connectivity index (χ1n) is 37.6. The summed E-state index contributed by atoms with van der Waals surface area (Å²) in [7, 11) is 0. The summed E-state index contributed by atoms with van der Waals surface area (Å²) in [6.45, 7) is 70.4. The second-order valence-electron chi connectivity index (χ2n) is 38.2. The van der Waals surface area contributed by atoms with E-state index in [1.54, 1.807) is 42.0 Å². The third-order valence-electron chi connectivity index (χ3n) is 9.70. The molecule has 0 N–H and O–H groups in total. The zero-order valence-corrected chi connectivity index (χ0v) is 72.4. The fourth-order valence-corrected chi connectivity index (χ4v) is 6.51. The lowest BCUT2D eigenvalue weighted by Gasteiger charge is -2.05. The Morgan fingerprint density at radius 3 is 0.838 bits per heavy atom. The minimum Gasteiger partial charge on any atom is -0.454 e. The maximum absolute atomic E-state index is 5.08. The second kappa shape index (κ2) is 55.2. The van der Waals surface area contributed by atoms with Crippen LogP contribution in [0.5, 0.6) is 11.5 Å². The first-order chi connectivity index (χ1) is 48.3. The minimum atomic E-state index is 0.360. The van der Waals surface area contributed by atoms with Gasteiger partial charge < -0.3 is 9.47 Å². The van der Waals surface area contributed by atoms with Crippen molar-refractivity contribution in [3.63, 3.8) is 0 Å². The van der Waals surface area contributed by atoms with Gasteiger partial charge in [-0.1, -0.05) is 391 Å². The topological polar surface area (TPSA) is 82.4 Å². The molecule has 7 aromatic carbocycles. The number of aliphatic imine (C=N–C) groups is 1. The Morgan fingerprint density at radius 1 is 0.257 bits per heavy atom. The molecule has 0 unspecified atom stereocenters. The molecule has 10 aromatic rings. The second-order valence-corrected chi connectivity index (χ2v) is 38.2. The highest BCUT2D eigenvalue weighted by Crippen LogP contribution is 2.30. The lowest BCUT2D eigenvalue weighted by Crippen LogP contribution is -1.93. The van der Waals surface area contributed by atoms with Crippen LogP contribution >= 0.6 is 0 Å². The first-order valence-corrected chi connectivity index (χ1v) is 37.6. The van der Waals surface area contributed by atoms with E-state index in [9.17, 15) is 0 Å². The van der Waals surface area contributed by atoms with Crippen LogP contribution in [0.2, 0.25) is 0 Å². The molecule has 0 radical (unpaired) electrons. The Morgan fingerprint density at radius 2 is 0.543 bits per heavy atom. The van der Waals surface area contributed by atoms with Crippen molar-refractivity contribution < 1.29 is 9.47 Å². The monoisotopic (exact) mass is 1430 g/mol. The molecule has 7 nitrogen and oxygen atoms in total. The van der Waals surface area contributed by atoms with E-state index in [2.05, 4.69) is 337 Å². The summed E-state index contributed by atoms with van der Waals surface area (Å²) < 4.78 is 10.2. The number of nitrogens with zero attached hydrogens (tertiary/aromatic N) is 5. The average molecular weight is 1430 g/mol. The van der Waals surface area contributed by atoms with E-state index in [1.165, 1.54) is 47.3 Å². The maximum Gasteiger partial charge on any atom is 0.231 e. The Bertz CT molecular complexity index is 2980. The number of aromatic nitrogens is 4. The Balaban J connectivity index is -0.00000107. The standard InChI is InChI=1S/C10H8.C9H7N.C9H10.C8H7N.C7H6O2.C6H6.C5H5N.8C5H12.C4H4N2/c1-2-6-10-8-4-3-7-9(10)5-1;1-2-6-9-8(4-1)5-3-7-10-9;1-2-5-9-7-3-6-8(9)4-1;1-2-4-8-7(3-1)5-6-9-8;1-2-4-7-6(3-1)8-5-9-7;2*1-2-4-6-5-3-1;8*1-5(2,3)4;1-2-5-4-6-3-1/h1-8H;1-7H;1-2,4-5H,3,6-7H2;1-4,6H,5H2;1-4H,5H2;1-6H;1-5H;8*1-4H3;1-4H. The molecule has 3 aliphatic rings. The molecule has 5 heterocycles. The highest BCUT2D eigenvalue weighted by molar-refractivity contribution is 5.82. The third-order valence-corrected chi connectivity index (χ3v) is 9.70. The number of hydrogen-bond acceptors (Lipinski definition) is 7. The van der Waals surface area contributed by atoms with Gasteiger partial charge in [-0.25, -0.2) is 9.97 Å². The van der Waals surface area contributed by atoms with Gasteiger partial charge >= 0.3 is 0 Å². The minimum absolute atomic E-state index is 0.360. The van der Waals surface area contributed by atoms with E-state index >= 15 is 0 Å². The molecule has 0 atom stereocenters. The molecule has 0 saturated carbocycles. The molecule has 7 heteroatoms. The summed E-state index contributed by atoms with van der Waals surface area (Å²) in [4.78, 5) is 19.5. The quantitative estimate of drug-likeness (QED) is 0.150. The number of hydrogen-bond donors (Lipinski definition) is 0. The Kier molecular flexibility index (Phi) is 53.0. The van der Waals surface area contributed by atoms with E-state index in [4.69, 9.17) is 9.47 Å².